The first kappa shape index (κ1) is 14.3. The fourth-order valence-electron chi connectivity index (χ4n) is 3.36. The summed E-state index contributed by atoms with van der Waals surface area (Å²) in [5.41, 5.74) is 0.490. The summed E-state index contributed by atoms with van der Waals surface area (Å²) in [6, 6.07) is 6.75. The molecule has 0 aliphatic carbocycles. The monoisotopic (exact) mass is 316 g/mol. The van der Waals surface area contributed by atoms with Gasteiger partial charge in [0, 0.05) is 12.6 Å². The summed E-state index contributed by atoms with van der Waals surface area (Å²) in [4.78, 5) is 43.9. The molecule has 3 aliphatic heterocycles. The molecule has 2 unspecified atom stereocenters. The molecule has 2 fully saturated rings. The number of hydrogen-bond acceptors (Lipinski definition) is 6. The van der Waals surface area contributed by atoms with Gasteiger partial charge in [0.2, 0.25) is 0 Å². The van der Waals surface area contributed by atoms with Gasteiger partial charge < -0.3 is 9.57 Å². The summed E-state index contributed by atoms with van der Waals surface area (Å²) in [5.74, 6) is -1.94. The Morgan fingerprint density at radius 1 is 1.17 bits per heavy atom. The van der Waals surface area contributed by atoms with Gasteiger partial charge in [0.05, 0.1) is 17.7 Å². The van der Waals surface area contributed by atoms with Crippen molar-refractivity contribution in [2.75, 3.05) is 19.7 Å². The van der Waals surface area contributed by atoms with E-state index in [9.17, 15) is 14.4 Å². The summed E-state index contributed by atoms with van der Waals surface area (Å²) >= 11 is 0. The first-order valence-electron chi connectivity index (χ1n) is 7.70. The average Bonchev–Trinajstić information content (AvgIpc) is 3.13. The molecular formula is C16H16N2O5. The van der Waals surface area contributed by atoms with E-state index in [-0.39, 0.29) is 11.1 Å². The third kappa shape index (κ3) is 2.32. The fourth-order valence-corrected chi connectivity index (χ4v) is 3.36. The van der Waals surface area contributed by atoms with Crippen molar-refractivity contribution in [2.45, 2.75) is 25.0 Å². The maximum atomic E-state index is 12.3. The minimum Gasteiger partial charge on any atom is -0.363 e. The molecule has 7 nitrogen and oxygen atoms in total. The normalized spacial score (nSPS) is 27.0. The summed E-state index contributed by atoms with van der Waals surface area (Å²) < 4.78 is 5.55. The molecule has 7 heteroatoms. The second kappa shape index (κ2) is 5.43. The topological polar surface area (TPSA) is 76.2 Å². The van der Waals surface area contributed by atoms with E-state index in [1.165, 1.54) is 12.1 Å². The van der Waals surface area contributed by atoms with E-state index in [2.05, 4.69) is 4.90 Å². The SMILES string of the molecule is O=C(ON1C(=O)c2ccccc2C1=O)C1CN2CCCC2CO1. The molecule has 4 rings (SSSR count). The molecule has 1 aromatic rings. The van der Waals surface area contributed by atoms with Crippen LogP contribution in [0, 0.1) is 0 Å². The Bertz CT molecular complexity index is 654. The molecule has 2 saturated heterocycles. The van der Waals surface area contributed by atoms with E-state index in [1.807, 2.05) is 0 Å². The number of morpholine rings is 1. The van der Waals surface area contributed by atoms with E-state index in [0.717, 1.165) is 19.4 Å². The van der Waals surface area contributed by atoms with E-state index in [1.54, 1.807) is 12.1 Å². The number of carbonyl (C=O) groups excluding carboxylic acids is 3. The predicted molar refractivity (Wildman–Crippen MR) is 77.4 cm³/mol. The van der Waals surface area contributed by atoms with Crippen LogP contribution in [0.15, 0.2) is 24.3 Å². The van der Waals surface area contributed by atoms with Crippen LogP contribution in [0.3, 0.4) is 0 Å². The van der Waals surface area contributed by atoms with Crippen molar-refractivity contribution in [1.82, 2.24) is 9.96 Å². The lowest BCUT2D eigenvalue weighted by molar-refractivity contribution is -0.188. The third-order valence-corrected chi connectivity index (χ3v) is 4.59. The summed E-state index contributed by atoms with van der Waals surface area (Å²) in [7, 11) is 0. The Hall–Kier alpha value is -2.25. The molecule has 0 N–H and O–H groups in total. The van der Waals surface area contributed by atoms with Crippen LogP contribution in [0.4, 0.5) is 0 Å². The van der Waals surface area contributed by atoms with Gasteiger partial charge in [-0.15, -0.1) is 0 Å². The lowest BCUT2D eigenvalue weighted by atomic mass is 10.1. The molecule has 23 heavy (non-hydrogen) atoms. The molecule has 2 amide bonds. The van der Waals surface area contributed by atoms with Gasteiger partial charge in [-0.1, -0.05) is 17.2 Å². The number of hydroxylamine groups is 2. The molecule has 0 bridgehead atoms. The Morgan fingerprint density at radius 2 is 1.87 bits per heavy atom. The van der Waals surface area contributed by atoms with Crippen LogP contribution in [0.25, 0.3) is 0 Å². The average molecular weight is 316 g/mol. The summed E-state index contributed by atoms with van der Waals surface area (Å²) in [5, 5.41) is 0.534. The number of ether oxygens (including phenoxy) is 1. The second-order valence-electron chi connectivity index (χ2n) is 5.97. The lowest BCUT2D eigenvalue weighted by Crippen LogP contribution is -2.50. The number of amides is 2. The minimum absolute atomic E-state index is 0.245. The lowest BCUT2D eigenvalue weighted by Gasteiger charge is -2.34. The van der Waals surface area contributed by atoms with Crippen molar-refractivity contribution >= 4 is 17.8 Å². The predicted octanol–water partition coefficient (Wildman–Crippen LogP) is 0.604. The van der Waals surface area contributed by atoms with Crippen molar-refractivity contribution < 1.29 is 24.0 Å². The van der Waals surface area contributed by atoms with Gasteiger partial charge >= 0.3 is 5.97 Å². The van der Waals surface area contributed by atoms with Gasteiger partial charge in [-0.25, -0.2) is 4.79 Å². The molecule has 0 radical (unpaired) electrons. The van der Waals surface area contributed by atoms with Gasteiger partial charge in [-0.05, 0) is 31.5 Å². The molecular weight excluding hydrogens is 300 g/mol. The highest BCUT2D eigenvalue weighted by Gasteiger charge is 2.42. The van der Waals surface area contributed by atoms with Gasteiger partial charge in [-0.2, -0.15) is 0 Å². The smallest absolute Gasteiger partial charge is 0.362 e. The number of rotatable bonds is 2. The van der Waals surface area contributed by atoms with E-state index in [0.29, 0.717) is 24.3 Å². The van der Waals surface area contributed by atoms with E-state index >= 15 is 0 Å². The molecule has 2 atom stereocenters. The van der Waals surface area contributed by atoms with Crippen LogP contribution in [0.5, 0.6) is 0 Å². The zero-order chi connectivity index (χ0) is 16.0. The zero-order valence-electron chi connectivity index (χ0n) is 12.4. The first-order valence-corrected chi connectivity index (χ1v) is 7.70. The van der Waals surface area contributed by atoms with Gasteiger partial charge in [0.1, 0.15) is 0 Å². The molecule has 3 aliphatic rings. The summed E-state index contributed by atoms with van der Waals surface area (Å²) in [6.07, 6.45) is 1.39. The van der Waals surface area contributed by atoms with Crippen LogP contribution in [0.1, 0.15) is 33.6 Å². The number of hydrogen-bond donors (Lipinski definition) is 0. The Morgan fingerprint density at radius 3 is 2.57 bits per heavy atom. The van der Waals surface area contributed by atoms with Crippen LogP contribution >= 0.6 is 0 Å². The van der Waals surface area contributed by atoms with Gasteiger partial charge in [0.25, 0.3) is 11.8 Å². The number of carbonyl (C=O) groups is 3. The summed E-state index contributed by atoms with van der Waals surface area (Å²) in [6.45, 7) is 1.85. The fraction of sp³-hybridized carbons (Fsp3) is 0.438. The highest BCUT2D eigenvalue weighted by atomic mass is 16.7. The largest absolute Gasteiger partial charge is 0.363 e. The zero-order valence-corrected chi connectivity index (χ0v) is 12.4. The molecule has 0 spiro atoms. The van der Waals surface area contributed by atoms with Crippen LogP contribution in [0.2, 0.25) is 0 Å². The standard InChI is InChI=1S/C16H16N2O5/c19-14-11-5-1-2-6-12(11)15(20)18(14)23-16(21)13-8-17-7-3-4-10(17)9-22-13/h1-2,5-6,10,13H,3-4,7-9H2. The molecule has 0 aromatic heterocycles. The Balaban J connectivity index is 1.45. The molecule has 1 aromatic carbocycles. The number of nitrogens with zero attached hydrogens (tertiary/aromatic N) is 2. The Kier molecular flexibility index (Phi) is 3.39. The van der Waals surface area contributed by atoms with Crippen molar-refractivity contribution in [3.05, 3.63) is 35.4 Å². The van der Waals surface area contributed by atoms with Crippen LogP contribution in [-0.2, 0) is 14.4 Å². The van der Waals surface area contributed by atoms with Gasteiger partial charge in [0.15, 0.2) is 6.10 Å². The first-order chi connectivity index (χ1) is 11.1. The van der Waals surface area contributed by atoms with E-state index in [4.69, 9.17) is 9.57 Å². The molecule has 120 valence electrons. The number of imide groups is 1. The quantitative estimate of drug-likeness (QED) is 0.744. The van der Waals surface area contributed by atoms with Crippen molar-refractivity contribution in [2.24, 2.45) is 0 Å². The minimum atomic E-state index is -0.770. The van der Waals surface area contributed by atoms with Crippen molar-refractivity contribution in [3.63, 3.8) is 0 Å². The third-order valence-electron chi connectivity index (χ3n) is 4.59. The van der Waals surface area contributed by atoms with Crippen molar-refractivity contribution in [1.29, 1.82) is 0 Å². The maximum absolute atomic E-state index is 12.3. The van der Waals surface area contributed by atoms with Crippen LogP contribution in [-0.4, -0.2) is 59.6 Å². The molecule has 3 heterocycles. The highest BCUT2D eigenvalue weighted by Crippen LogP contribution is 2.25. The van der Waals surface area contributed by atoms with Gasteiger partial charge in [-0.3, -0.25) is 14.5 Å². The number of benzene rings is 1. The highest BCUT2D eigenvalue weighted by molar-refractivity contribution is 6.20. The van der Waals surface area contributed by atoms with Crippen molar-refractivity contribution in [3.8, 4) is 0 Å². The van der Waals surface area contributed by atoms with E-state index < -0.39 is 23.9 Å². The van der Waals surface area contributed by atoms with Crippen LogP contribution < -0.4 is 0 Å². The number of fused-ring (bicyclic) bond motifs is 2. The maximum Gasteiger partial charge on any atom is 0.362 e. The Labute approximate surface area is 132 Å². The second-order valence-corrected chi connectivity index (χ2v) is 5.97. The molecule has 0 saturated carbocycles.